The van der Waals surface area contributed by atoms with E-state index in [4.69, 9.17) is 4.74 Å². The monoisotopic (exact) mass is 198 g/mol. The molecular weight excluding hydrogens is 184 g/mol. The summed E-state index contributed by atoms with van der Waals surface area (Å²) < 4.78 is 9.65. The third-order valence-electron chi connectivity index (χ3n) is 2.08. The van der Waals surface area contributed by atoms with Crippen LogP contribution in [0.5, 0.6) is 0 Å². The first kappa shape index (κ1) is 10.9. The van der Waals surface area contributed by atoms with Crippen LogP contribution >= 0.6 is 0 Å². The zero-order valence-electron chi connectivity index (χ0n) is 8.46. The fourth-order valence-electron chi connectivity index (χ4n) is 1.09. The first-order chi connectivity index (χ1) is 6.66. The Morgan fingerprint density at radius 3 is 2.50 bits per heavy atom. The van der Waals surface area contributed by atoms with E-state index in [1.54, 1.807) is 6.92 Å². The van der Waals surface area contributed by atoms with Gasteiger partial charge in [-0.05, 0) is 13.3 Å². The largest absolute Gasteiger partial charge is 0.386 e. The maximum absolute atomic E-state index is 11.1. The smallest absolute Gasteiger partial charge is 0.344 e. The van der Waals surface area contributed by atoms with E-state index in [0.717, 1.165) is 12.8 Å². The number of esters is 2. The summed E-state index contributed by atoms with van der Waals surface area (Å²) in [5, 5.41) is 0. The average Bonchev–Trinajstić information content (AvgIpc) is 2.38. The Morgan fingerprint density at radius 1 is 1.29 bits per heavy atom. The van der Waals surface area contributed by atoms with Crippen LogP contribution in [0.25, 0.3) is 0 Å². The molecule has 78 valence electrons. The summed E-state index contributed by atoms with van der Waals surface area (Å²) in [6.07, 6.45) is 2.00. The van der Waals surface area contributed by atoms with Gasteiger partial charge in [0.25, 0.3) is 0 Å². The lowest BCUT2D eigenvalue weighted by molar-refractivity contribution is -0.151. The lowest BCUT2D eigenvalue weighted by Crippen LogP contribution is -2.07. The molecule has 0 aliphatic carbocycles. The lowest BCUT2D eigenvalue weighted by atomic mass is 10.2. The lowest BCUT2D eigenvalue weighted by Gasteiger charge is -2.01. The van der Waals surface area contributed by atoms with Crippen molar-refractivity contribution in [2.45, 2.75) is 26.7 Å². The Bertz CT molecular complexity index is 278. The minimum atomic E-state index is -0.566. The third-order valence-corrected chi connectivity index (χ3v) is 2.08. The molecular formula is C10H14O4. The van der Waals surface area contributed by atoms with E-state index < -0.39 is 11.9 Å². The van der Waals surface area contributed by atoms with E-state index in [1.165, 1.54) is 0 Å². The zero-order chi connectivity index (χ0) is 10.6. The molecule has 1 aliphatic rings. The van der Waals surface area contributed by atoms with Gasteiger partial charge in [0.15, 0.2) is 0 Å². The molecule has 0 atom stereocenters. The molecule has 0 fully saturated rings. The third kappa shape index (κ3) is 2.42. The minimum Gasteiger partial charge on any atom is -0.386 e. The molecule has 0 saturated carbocycles. The van der Waals surface area contributed by atoms with Crippen molar-refractivity contribution in [2.75, 3.05) is 13.2 Å². The fraction of sp³-hybridized carbons (Fsp3) is 0.600. The number of unbranched alkanes of at least 4 members (excludes halogenated alkanes) is 1. The molecule has 0 spiro atoms. The highest BCUT2D eigenvalue weighted by Gasteiger charge is 2.29. The summed E-state index contributed by atoms with van der Waals surface area (Å²) in [5.41, 5.74) is 0.720. The molecule has 4 heteroatoms. The summed E-state index contributed by atoms with van der Waals surface area (Å²) in [7, 11) is 0. The number of ether oxygens (including phenoxy) is 2. The van der Waals surface area contributed by atoms with Gasteiger partial charge < -0.3 is 9.47 Å². The maximum Gasteiger partial charge on any atom is 0.344 e. The van der Waals surface area contributed by atoms with Gasteiger partial charge in [0.1, 0.15) is 0 Å². The maximum atomic E-state index is 11.1. The highest BCUT2D eigenvalue weighted by molar-refractivity contribution is 6.12. The summed E-state index contributed by atoms with van der Waals surface area (Å²) in [5.74, 6) is -1.12. The van der Waals surface area contributed by atoms with Gasteiger partial charge in [-0.15, -0.1) is 0 Å². The topological polar surface area (TPSA) is 52.6 Å². The second-order valence-electron chi connectivity index (χ2n) is 3.19. The van der Waals surface area contributed by atoms with Crippen LogP contribution in [0.2, 0.25) is 0 Å². The summed E-state index contributed by atoms with van der Waals surface area (Å²) in [4.78, 5) is 22.0. The van der Waals surface area contributed by atoms with Crippen molar-refractivity contribution in [3.8, 4) is 0 Å². The van der Waals surface area contributed by atoms with Crippen LogP contribution < -0.4 is 0 Å². The fourth-order valence-corrected chi connectivity index (χ4v) is 1.09. The number of rotatable bonds is 5. The van der Waals surface area contributed by atoms with Crippen LogP contribution in [0.15, 0.2) is 11.1 Å². The van der Waals surface area contributed by atoms with Crippen LogP contribution in [0.3, 0.4) is 0 Å². The van der Waals surface area contributed by atoms with Gasteiger partial charge in [0.05, 0.1) is 12.2 Å². The van der Waals surface area contributed by atoms with Crippen LogP contribution in [0.1, 0.15) is 26.7 Å². The Morgan fingerprint density at radius 2 is 2.00 bits per heavy atom. The van der Waals surface area contributed by atoms with E-state index in [0.29, 0.717) is 17.8 Å². The van der Waals surface area contributed by atoms with Crippen molar-refractivity contribution in [3.63, 3.8) is 0 Å². The number of carbonyl (C=O) groups is 2. The number of carbonyl (C=O) groups excluding carboxylic acids is 2. The number of hydrogen-bond acceptors (Lipinski definition) is 4. The van der Waals surface area contributed by atoms with Crippen molar-refractivity contribution in [1.82, 2.24) is 0 Å². The summed E-state index contributed by atoms with van der Waals surface area (Å²) >= 11 is 0. The Hall–Kier alpha value is -1.16. The van der Waals surface area contributed by atoms with Crippen molar-refractivity contribution in [1.29, 1.82) is 0 Å². The molecule has 1 heterocycles. The second kappa shape index (κ2) is 4.91. The molecule has 0 amide bonds. The molecule has 0 aromatic rings. The molecule has 14 heavy (non-hydrogen) atoms. The first-order valence-corrected chi connectivity index (χ1v) is 4.70. The molecule has 0 aromatic heterocycles. The summed E-state index contributed by atoms with van der Waals surface area (Å²) in [6.45, 7) is 4.41. The van der Waals surface area contributed by atoms with Crippen molar-refractivity contribution in [2.24, 2.45) is 0 Å². The first-order valence-electron chi connectivity index (χ1n) is 4.70. The summed E-state index contributed by atoms with van der Waals surface area (Å²) in [6, 6.07) is 0. The number of cyclic esters (lactones) is 2. The Kier molecular flexibility index (Phi) is 3.83. The Balaban J connectivity index is 2.43. The number of hydrogen-bond donors (Lipinski definition) is 0. The van der Waals surface area contributed by atoms with E-state index >= 15 is 0 Å². The van der Waals surface area contributed by atoms with Crippen molar-refractivity contribution >= 4 is 11.9 Å². The SMILES string of the molecule is CCCCOCC1=C(C)C(=O)OC1=O. The van der Waals surface area contributed by atoms with Gasteiger partial charge in [-0.25, -0.2) is 9.59 Å². The molecule has 4 nitrogen and oxygen atoms in total. The predicted molar refractivity (Wildman–Crippen MR) is 49.5 cm³/mol. The molecule has 0 bridgehead atoms. The normalized spacial score (nSPS) is 16.4. The highest BCUT2D eigenvalue weighted by atomic mass is 16.6. The van der Waals surface area contributed by atoms with E-state index in [2.05, 4.69) is 11.7 Å². The standard InChI is InChI=1S/C10H14O4/c1-3-4-5-13-6-8-7(2)9(11)14-10(8)12/h3-6H2,1-2H3. The van der Waals surface area contributed by atoms with Gasteiger partial charge in [0, 0.05) is 12.2 Å². The van der Waals surface area contributed by atoms with Crippen LogP contribution in [0, 0.1) is 0 Å². The predicted octanol–water partition coefficient (Wildman–Crippen LogP) is 1.20. The van der Waals surface area contributed by atoms with Crippen LogP contribution in [-0.4, -0.2) is 25.2 Å². The highest BCUT2D eigenvalue weighted by Crippen LogP contribution is 2.16. The van der Waals surface area contributed by atoms with Crippen molar-refractivity contribution < 1.29 is 19.1 Å². The molecule has 0 aromatic carbocycles. The molecule has 0 N–H and O–H groups in total. The molecule has 1 aliphatic heterocycles. The average molecular weight is 198 g/mol. The van der Waals surface area contributed by atoms with Gasteiger partial charge >= 0.3 is 11.9 Å². The second-order valence-corrected chi connectivity index (χ2v) is 3.19. The van der Waals surface area contributed by atoms with Gasteiger partial charge in [-0.2, -0.15) is 0 Å². The molecule has 1 rings (SSSR count). The van der Waals surface area contributed by atoms with Crippen LogP contribution in [-0.2, 0) is 19.1 Å². The Labute approximate surface area is 82.9 Å². The zero-order valence-corrected chi connectivity index (χ0v) is 8.46. The van der Waals surface area contributed by atoms with E-state index in [9.17, 15) is 9.59 Å². The van der Waals surface area contributed by atoms with E-state index in [-0.39, 0.29) is 6.61 Å². The quantitative estimate of drug-likeness (QED) is 0.378. The molecule has 0 unspecified atom stereocenters. The minimum absolute atomic E-state index is 0.177. The van der Waals surface area contributed by atoms with Gasteiger partial charge in [-0.1, -0.05) is 13.3 Å². The van der Waals surface area contributed by atoms with Crippen LogP contribution in [0.4, 0.5) is 0 Å². The molecule has 0 radical (unpaired) electrons. The van der Waals surface area contributed by atoms with Gasteiger partial charge in [0.2, 0.25) is 0 Å². The molecule has 0 saturated heterocycles. The van der Waals surface area contributed by atoms with E-state index in [1.807, 2.05) is 0 Å². The van der Waals surface area contributed by atoms with Crippen molar-refractivity contribution in [3.05, 3.63) is 11.1 Å². The van der Waals surface area contributed by atoms with Gasteiger partial charge in [-0.3, -0.25) is 0 Å².